The molecule has 0 unspecified atom stereocenters. The van der Waals surface area contributed by atoms with Gasteiger partial charge in [-0.2, -0.15) is 0 Å². The first kappa shape index (κ1) is 19.2. The van der Waals surface area contributed by atoms with Gasteiger partial charge in [0.05, 0.1) is 17.7 Å². The van der Waals surface area contributed by atoms with Crippen LogP contribution in [0.1, 0.15) is 24.4 Å². The van der Waals surface area contributed by atoms with E-state index in [4.69, 9.17) is 32.6 Å². The molecule has 144 valence electrons. The number of benzene rings is 1. The van der Waals surface area contributed by atoms with Gasteiger partial charge < -0.3 is 9.40 Å². The number of fused-ring (bicyclic) bond motifs is 1. The second kappa shape index (κ2) is 7.72. The quantitative estimate of drug-likeness (QED) is 0.435. The van der Waals surface area contributed by atoms with Gasteiger partial charge in [0.1, 0.15) is 16.4 Å². The van der Waals surface area contributed by atoms with Crippen LogP contribution in [0, 0.1) is 0 Å². The van der Waals surface area contributed by atoms with Gasteiger partial charge in [-0.3, -0.25) is 9.69 Å². The third-order valence-corrected chi connectivity index (χ3v) is 6.20. The van der Waals surface area contributed by atoms with Gasteiger partial charge in [-0.25, -0.2) is 4.98 Å². The number of halogens is 2. The van der Waals surface area contributed by atoms with Crippen LogP contribution in [-0.4, -0.2) is 21.9 Å². The van der Waals surface area contributed by atoms with E-state index in [0.717, 1.165) is 11.1 Å². The van der Waals surface area contributed by atoms with Gasteiger partial charge in [-0.1, -0.05) is 29.3 Å². The van der Waals surface area contributed by atoms with E-state index in [1.807, 2.05) is 37.6 Å². The Morgan fingerprint density at radius 1 is 1.32 bits per heavy atom. The molecule has 4 rings (SSSR count). The molecule has 0 saturated carbocycles. The van der Waals surface area contributed by atoms with E-state index in [2.05, 4.69) is 9.88 Å². The Bertz CT molecular complexity index is 1180. The summed E-state index contributed by atoms with van der Waals surface area (Å²) in [5.41, 5.74) is 1.55. The van der Waals surface area contributed by atoms with E-state index in [1.165, 1.54) is 11.3 Å². The molecule has 8 heteroatoms. The molecule has 3 heterocycles. The zero-order chi connectivity index (χ0) is 19.8. The van der Waals surface area contributed by atoms with E-state index in [-0.39, 0.29) is 11.6 Å². The Kier molecular flexibility index (Phi) is 5.29. The molecular weight excluding hydrogens is 417 g/mol. The van der Waals surface area contributed by atoms with Crippen LogP contribution >= 0.6 is 34.5 Å². The van der Waals surface area contributed by atoms with Crippen LogP contribution in [0.3, 0.4) is 0 Å². The van der Waals surface area contributed by atoms with Gasteiger partial charge in [-0.15, -0.1) is 11.3 Å². The van der Waals surface area contributed by atoms with Crippen LogP contribution in [0.15, 0.2) is 51.2 Å². The molecule has 4 aromatic rings. The van der Waals surface area contributed by atoms with Crippen LogP contribution in [0.4, 0.5) is 0 Å². The Labute approximate surface area is 175 Å². The first-order chi connectivity index (χ1) is 13.4. The van der Waals surface area contributed by atoms with Crippen molar-refractivity contribution in [3.63, 3.8) is 0 Å². The fourth-order valence-electron chi connectivity index (χ4n) is 3.04. The standard InChI is InChI=1S/C20H17Cl2N3O2S/c1-11(25(2)9-12-5-6-13(21)8-15(12)22)18-23-19(26)17-14(10-28-20(17)24-18)16-4-3-7-27-16/h3-8,10-11H,9H2,1-2H3,(H,23,24,26)/t11-/m1/s1. The van der Waals surface area contributed by atoms with E-state index in [9.17, 15) is 4.79 Å². The number of H-pyrrole nitrogens is 1. The zero-order valence-electron chi connectivity index (χ0n) is 15.2. The van der Waals surface area contributed by atoms with Crippen molar-refractivity contribution in [1.82, 2.24) is 14.9 Å². The van der Waals surface area contributed by atoms with Gasteiger partial charge in [-0.05, 0) is 43.8 Å². The SMILES string of the molecule is C[C@H](c1nc2scc(-c3ccco3)c2c(=O)[nH]1)N(C)Cc1ccc(Cl)cc1Cl. The number of thiophene rings is 1. The first-order valence-corrected chi connectivity index (χ1v) is 10.3. The molecule has 1 atom stereocenters. The van der Waals surface area contributed by atoms with Crippen molar-refractivity contribution < 1.29 is 4.42 Å². The normalized spacial score (nSPS) is 12.8. The lowest BCUT2D eigenvalue weighted by atomic mass is 10.1. The van der Waals surface area contributed by atoms with Crippen LogP contribution < -0.4 is 5.56 Å². The highest BCUT2D eigenvalue weighted by Gasteiger charge is 2.20. The Hall–Kier alpha value is -2.12. The molecule has 5 nitrogen and oxygen atoms in total. The topological polar surface area (TPSA) is 62.1 Å². The molecule has 1 aromatic carbocycles. The maximum atomic E-state index is 12.8. The summed E-state index contributed by atoms with van der Waals surface area (Å²) >= 11 is 13.7. The van der Waals surface area contributed by atoms with E-state index in [1.54, 1.807) is 18.4 Å². The molecule has 0 saturated heterocycles. The number of furan rings is 1. The monoisotopic (exact) mass is 433 g/mol. The molecular formula is C20H17Cl2N3O2S. The fraction of sp³-hybridized carbons (Fsp3) is 0.200. The van der Waals surface area contributed by atoms with E-state index in [0.29, 0.717) is 38.4 Å². The maximum absolute atomic E-state index is 12.8. The lowest BCUT2D eigenvalue weighted by Crippen LogP contribution is -2.26. The first-order valence-electron chi connectivity index (χ1n) is 8.63. The van der Waals surface area contributed by atoms with Gasteiger partial charge >= 0.3 is 0 Å². The van der Waals surface area contributed by atoms with Crippen molar-refractivity contribution in [2.24, 2.45) is 0 Å². The number of nitrogens with one attached hydrogen (secondary N) is 1. The van der Waals surface area contributed by atoms with Crippen molar-refractivity contribution in [3.05, 3.63) is 73.8 Å². The molecule has 0 aliphatic rings. The van der Waals surface area contributed by atoms with Gasteiger partial charge in [0.2, 0.25) is 0 Å². The number of hydrogen-bond acceptors (Lipinski definition) is 5. The molecule has 0 radical (unpaired) electrons. The van der Waals surface area contributed by atoms with Gasteiger partial charge in [0.15, 0.2) is 0 Å². The van der Waals surface area contributed by atoms with Crippen LogP contribution in [0.2, 0.25) is 10.0 Å². The van der Waals surface area contributed by atoms with Crippen LogP contribution in [0.25, 0.3) is 21.5 Å². The minimum Gasteiger partial charge on any atom is -0.464 e. The Balaban J connectivity index is 1.64. The summed E-state index contributed by atoms with van der Waals surface area (Å²) in [5.74, 6) is 1.27. The van der Waals surface area contributed by atoms with Crippen molar-refractivity contribution in [2.75, 3.05) is 7.05 Å². The predicted molar refractivity (Wildman–Crippen MR) is 114 cm³/mol. The number of rotatable bonds is 5. The van der Waals surface area contributed by atoms with Gasteiger partial charge in [0.25, 0.3) is 5.56 Å². The van der Waals surface area contributed by atoms with E-state index >= 15 is 0 Å². The molecule has 0 aliphatic carbocycles. The molecule has 0 fully saturated rings. The second-order valence-electron chi connectivity index (χ2n) is 6.58. The van der Waals surface area contributed by atoms with Gasteiger partial charge in [0, 0.05) is 27.5 Å². The predicted octanol–water partition coefficient (Wildman–Crippen LogP) is 5.74. The minimum atomic E-state index is -0.169. The molecule has 0 amide bonds. The second-order valence-corrected chi connectivity index (χ2v) is 8.29. The smallest absolute Gasteiger partial charge is 0.260 e. The van der Waals surface area contributed by atoms with Crippen LogP contribution in [0.5, 0.6) is 0 Å². The summed E-state index contributed by atoms with van der Waals surface area (Å²) in [6.07, 6.45) is 1.59. The summed E-state index contributed by atoms with van der Waals surface area (Å²) in [7, 11) is 1.96. The molecule has 3 aromatic heterocycles. The third kappa shape index (κ3) is 3.61. The number of nitrogens with zero attached hydrogens (tertiary/aromatic N) is 2. The Morgan fingerprint density at radius 3 is 2.86 bits per heavy atom. The summed E-state index contributed by atoms with van der Waals surface area (Å²) in [4.78, 5) is 23.2. The summed E-state index contributed by atoms with van der Waals surface area (Å²) in [5, 5.41) is 3.67. The average Bonchev–Trinajstić information content (AvgIpc) is 3.32. The zero-order valence-corrected chi connectivity index (χ0v) is 17.5. The lowest BCUT2D eigenvalue weighted by Gasteiger charge is -2.24. The van der Waals surface area contributed by atoms with Crippen molar-refractivity contribution in [3.8, 4) is 11.3 Å². The molecule has 1 N–H and O–H groups in total. The molecule has 0 spiro atoms. The van der Waals surface area contributed by atoms with Crippen molar-refractivity contribution >= 4 is 44.8 Å². The largest absolute Gasteiger partial charge is 0.464 e. The molecule has 28 heavy (non-hydrogen) atoms. The molecule has 0 aliphatic heterocycles. The van der Waals surface area contributed by atoms with Crippen molar-refractivity contribution in [2.45, 2.75) is 19.5 Å². The number of aromatic nitrogens is 2. The Morgan fingerprint density at radius 2 is 2.14 bits per heavy atom. The van der Waals surface area contributed by atoms with E-state index < -0.39 is 0 Å². The molecule has 0 bridgehead atoms. The summed E-state index contributed by atoms with van der Waals surface area (Å²) in [6.45, 7) is 2.59. The highest BCUT2D eigenvalue weighted by atomic mass is 35.5. The van der Waals surface area contributed by atoms with Crippen LogP contribution in [-0.2, 0) is 6.54 Å². The third-order valence-electron chi connectivity index (χ3n) is 4.74. The van der Waals surface area contributed by atoms with Crippen molar-refractivity contribution in [1.29, 1.82) is 0 Å². The summed E-state index contributed by atoms with van der Waals surface area (Å²) < 4.78 is 5.44. The number of aromatic amines is 1. The summed E-state index contributed by atoms with van der Waals surface area (Å²) in [6, 6.07) is 8.97. The highest BCUT2D eigenvalue weighted by Crippen LogP contribution is 2.32. The lowest BCUT2D eigenvalue weighted by molar-refractivity contribution is 0.244. The highest BCUT2D eigenvalue weighted by molar-refractivity contribution is 7.17. The fourth-order valence-corrected chi connectivity index (χ4v) is 4.44. The number of hydrogen-bond donors (Lipinski definition) is 1. The minimum absolute atomic E-state index is 0.113. The maximum Gasteiger partial charge on any atom is 0.260 e. The average molecular weight is 434 g/mol.